The predicted molar refractivity (Wildman–Crippen MR) is 67.4 cm³/mol. The molecule has 1 aromatic rings. The van der Waals surface area contributed by atoms with E-state index in [9.17, 15) is 8.78 Å². The third-order valence-electron chi connectivity index (χ3n) is 2.93. The third kappa shape index (κ3) is 3.07. The SMILES string of the molecule is CCC(CC)N(CCO)c1nc(N)c(F)cc1F. The molecule has 3 N–H and O–H groups in total. The summed E-state index contributed by atoms with van der Waals surface area (Å²) < 4.78 is 26.8. The predicted octanol–water partition coefficient (Wildman–Crippen LogP) is 1.93. The molecule has 0 aliphatic heterocycles. The summed E-state index contributed by atoms with van der Waals surface area (Å²) in [5.41, 5.74) is 5.36. The first-order valence-corrected chi connectivity index (χ1v) is 6.04. The highest BCUT2D eigenvalue weighted by Crippen LogP contribution is 2.24. The maximum absolute atomic E-state index is 13.8. The van der Waals surface area contributed by atoms with Crippen molar-refractivity contribution in [2.24, 2.45) is 0 Å². The van der Waals surface area contributed by atoms with E-state index < -0.39 is 11.6 Å². The molecular formula is C12H19F2N3O. The van der Waals surface area contributed by atoms with Crippen LogP contribution in [0.15, 0.2) is 6.07 Å². The molecule has 6 heteroatoms. The van der Waals surface area contributed by atoms with Gasteiger partial charge in [-0.25, -0.2) is 13.8 Å². The van der Waals surface area contributed by atoms with Crippen LogP contribution >= 0.6 is 0 Å². The number of hydrogen-bond donors (Lipinski definition) is 2. The molecule has 0 aliphatic rings. The lowest BCUT2D eigenvalue weighted by Gasteiger charge is -2.31. The van der Waals surface area contributed by atoms with Crippen molar-refractivity contribution in [1.82, 2.24) is 4.98 Å². The van der Waals surface area contributed by atoms with E-state index in [4.69, 9.17) is 10.8 Å². The van der Waals surface area contributed by atoms with Crippen molar-refractivity contribution in [3.8, 4) is 0 Å². The Balaban J connectivity index is 3.16. The molecule has 0 atom stereocenters. The second kappa shape index (κ2) is 6.49. The Hall–Kier alpha value is -1.43. The maximum Gasteiger partial charge on any atom is 0.168 e. The molecule has 1 heterocycles. The van der Waals surface area contributed by atoms with Gasteiger partial charge >= 0.3 is 0 Å². The van der Waals surface area contributed by atoms with Gasteiger partial charge in [-0.1, -0.05) is 13.8 Å². The largest absolute Gasteiger partial charge is 0.395 e. The van der Waals surface area contributed by atoms with Crippen LogP contribution in [-0.4, -0.2) is 29.3 Å². The molecule has 1 aromatic heterocycles. The first kappa shape index (κ1) is 14.6. The van der Waals surface area contributed by atoms with Gasteiger partial charge in [0.05, 0.1) is 6.61 Å². The van der Waals surface area contributed by atoms with Gasteiger partial charge in [0.15, 0.2) is 23.3 Å². The van der Waals surface area contributed by atoms with E-state index in [1.165, 1.54) is 0 Å². The average Bonchev–Trinajstić information content (AvgIpc) is 2.34. The number of rotatable bonds is 6. The van der Waals surface area contributed by atoms with Crippen LogP contribution < -0.4 is 10.6 Å². The fourth-order valence-electron chi connectivity index (χ4n) is 1.97. The van der Waals surface area contributed by atoms with Crippen molar-refractivity contribution >= 4 is 11.6 Å². The summed E-state index contributed by atoms with van der Waals surface area (Å²) in [6, 6.07) is 0.758. The van der Waals surface area contributed by atoms with E-state index in [0.717, 1.165) is 18.9 Å². The number of nitrogens with two attached hydrogens (primary N) is 1. The van der Waals surface area contributed by atoms with E-state index in [-0.39, 0.29) is 30.8 Å². The van der Waals surface area contributed by atoms with Gasteiger partial charge in [-0.05, 0) is 12.8 Å². The molecule has 0 aromatic carbocycles. The van der Waals surface area contributed by atoms with Gasteiger partial charge in [0.1, 0.15) is 0 Å². The van der Waals surface area contributed by atoms with Gasteiger partial charge in [0, 0.05) is 18.7 Å². The number of aromatic nitrogens is 1. The van der Waals surface area contributed by atoms with Gasteiger partial charge < -0.3 is 15.7 Å². The number of aliphatic hydroxyl groups excluding tert-OH is 1. The Bertz CT molecular complexity index is 397. The molecule has 0 radical (unpaired) electrons. The molecule has 0 unspecified atom stereocenters. The minimum Gasteiger partial charge on any atom is -0.395 e. The molecule has 18 heavy (non-hydrogen) atoms. The second-order valence-electron chi connectivity index (χ2n) is 4.05. The number of pyridine rings is 1. The molecule has 0 amide bonds. The number of halogens is 2. The number of nitrogens with zero attached hydrogens (tertiary/aromatic N) is 2. The highest BCUT2D eigenvalue weighted by atomic mass is 19.1. The van der Waals surface area contributed by atoms with Gasteiger partial charge in [-0.2, -0.15) is 0 Å². The van der Waals surface area contributed by atoms with Gasteiger partial charge in [-0.3, -0.25) is 0 Å². The number of anilines is 2. The van der Waals surface area contributed by atoms with Crippen molar-refractivity contribution in [3.63, 3.8) is 0 Å². The molecule has 0 saturated heterocycles. The first-order valence-electron chi connectivity index (χ1n) is 6.04. The Morgan fingerprint density at radius 2 is 1.94 bits per heavy atom. The minimum absolute atomic E-state index is 0.00310. The monoisotopic (exact) mass is 259 g/mol. The fourth-order valence-corrected chi connectivity index (χ4v) is 1.97. The van der Waals surface area contributed by atoms with Crippen molar-refractivity contribution < 1.29 is 13.9 Å². The summed E-state index contributed by atoms with van der Waals surface area (Å²) in [6.45, 7) is 4.03. The van der Waals surface area contributed by atoms with Crippen molar-refractivity contribution in [3.05, 3.63) is 17.7 Å². The molecule has 4 nitrogen and oxygen atoms in total. The topological polar surface area (TPSA) is 62.4 Å². The van der Waals surface area contributed by atoms with Crippen LogP contribution in [0.3, 0.4) is 0 Å². The molecule has 0 fully saturated rings. The normalized spacial score (nSPS) is 11.0. The molecule has 102 valence electrons. The standard InChI is InChI=1S/C12H19F2N3O/c1-3-8(4-2)17(5-6-18)12-10(14)7-9(13)11(15)16-12/h7-8,18H,3-6H2,1-2H3,(H2,15,16). The van der Waals surface area contributed by atoms with Gasteiger partial charge in [-0.15, -0.1) is 0 Å². The smallest absolute Gasteiger partial charge is 0.168 e. The van der Waals surface area contributed by atoms with Crippen LogP contribution in [0.2, 0.25) is 0 Å². The van der Waals surface area contributed by atoms with E-state index in [0.29, 0.717) is 0 Å². The summed E-state index contributed by atoms with van der Waals surface area (Å²) in [4.78, 5) is 5.38. The maximum atomic E-state index is 13.8. The first-order chi connectivity index (χ1) is 8.54. The summed E-state index contributed by atoms with van der Waals surface area (Å²) in [5.74, 6) is -1.97. The van der Waals surface area contributed by atoms with Crippen LogP contribution in [0.25, 0.3) is 0 Å². The van der Waals surface area contributed by atoms with Gasteiger partial charge in [0.25, 0.3) is 0 Å². The Kier molecular flexibility index (Phi) is 5.27. The summed E-state index contributed by atoms with van der Waals surface area (Å²) >= 11 is 0. The molecule has 0 aliphatic carbocycles. The zero-order valence-electron chi connectivity index (χ0n) is 10.7. The molecule has 0 bridgehead atoms. The van der Waals surface area contributed by atoms with Crippen LogP contribution in [0.1, 0.15) is 26.7 Å². The van der Waals surface area contributed by atoms with E-state index in [2.05, 4.69) is 4.98 Å². The summed E-state index contributed by atoms with van der Waals surface area (Å²) in [7, 11) is 0. The van der Waals surface area contributed by atoms with E-state index in [1.54, 1.807) is 4.90 Å². The Labute approximate surface area is 105 Å². The second-order valence-corrected chi connectivity index (χ2v) is 4.05. The van der Waals surface area contributed by atoms with Crippen LogP contribution in [0.5, 0.6) is 0 Å². The lowest BCUT2D eigenvalue weighted by atomic mass is 10.1. The lowest BCUT2D eigenvalue weighted by Crippen LogP contribution is -2.38. The van der Waals surface area contributed by atoms with Crippen LogP contribution in [-0.2, 0) is 0 Å². The summed E-state index contributed by atoms with van der Waals surface area (Å²) in [5, 5.41) is 9.06. The van der Waals surface area contributed by atoms with Crippen molar-refractivity contribution in [1.29, 1.82) is 0 Å². The third-order valence-corrected chi connectivity index (χ3v) is 2.93. The fraction of sp³-hybridized carbons (Fsp3) is 0.583. The highest BCUT2D eigenvalue weighted by molar-refractivity contribution is 5.48. The average molecular weight is 259 g/mol. The zero-order valence-corrected chi connectivity index (χ0v) is 10.7. The van der Waals surface area contributed by atoms with Crippen molar-refractivity contribution in [2.45, 2.75) is 32.7 Å². The van der Waals surface area contributed by atoms with Crippen LogP contribution in [0.4, 0.5) is 20.4 Å². The van der Waals surface area contributed by atoms with Crippen LogP contribution in [0, 0.1) is 11.6 Å². The molecule has 1 rings (SSSR count). The van der Waals surface area contributed by atoms with Crippen molar-refractivity contribution in [2.75, 3.05) is 23.8 Å². The molecule has 0 saturated carbocycles. The quantitative estimate of drug-likeness (QED) is 0.819. The Morgan fingerprint density at radius 1 is 1.33 bits per heavy atom. The summed E-state index contributed by atoms with van der Waals surface area (Å²) in [6.07, 6.45) is 1.55. The number of nitrogen functional groups attached to an aromatic ring is 1. The molecular weight excluding hydrogens is 240 g/mol. The number of hydrogen-bond acceptors (Lipinski definition) is 4. The zero-order chi connectivity index (χ0) is 13.7. The minimum atomic E-state index is -0.871. The lowest BCUT2D eigenvalue weighted by molar-refractivity contribution is 0.295. The Morgan fingerprint density at radius 3 is 2.44 bits per heavy atom. The molecule has 0 spiro atoms. The van der Waals surface area contributed by atoms with E-state index in [1.807, 2.05) is 13.8 Å². The highest BCUT2D eigenvalue weighted by Gasteiger charge is 2.21. The van der Waals surface area contributed by atoms with Gasteiger partial charge in [0.2, 0.25) is 0 Å². The van der Waals surface area contributed by atoms with E-state index >= 15 is 0 Å². The number of aliphatic hydroxyl groups is 1.